The molecule has 4 rings (SSSR count). The number of halogens is 2. The number of nitriles is 1. The number of benzene rings is 4. The van der Waals surface area contributed by atoms with Gasteiger partial charge in [-0.3, -0.25) is 4.79 Å². The van der Waals surface area contributed by atoms with E-state index in [1.54, 1.807) is 42.5 Å². The lowest BCUT2D eigenvalue weighted by Crippen LogP contribution is -2.13. The fourth-order valence-corrected chi connectivity index (χ4v) is 3.87. The van der Waals surface area contributed by atoms with E-state index in [0.717, 1.165) is 10.8 Å². The smallest absolute Gasteiger partial charge is 0.344 e. The summed E-state index contributed by atoms with van der Waals surface area (Å²) in [5.74, 6) is -0.745. The Morgan fingerprint density at radius 3 is 2.47 bits per heavy atom. The first-order valence-electron chi connectivity index (χ1n) is 10.7. The molecule has 0 saturated heterocycles. The second-order valence-corrected chi connectivity index (χ2v) is 8.34. The quantitative estimate of drug-likeness (QED) is 0.130. The van der Waals surface area contributed by atoms with E-state index >= 15 is 0 Å². The van der Waals surface area contributed by atoms with Crippen LogP contribution in [0.5, 0.6) is 11.5 Å². The van der Waals surface area contributed by atoms with Crippen LogP contribution in [0.3, 0.4) is 0 Å². The van der Waals surface area contributed by atoms with Crippen molar-refractivity contribution in [2.45, 2.75) is 0 Å². The Kier molecular flexibility index (Phi) is 7.55. The largest absolute Gasteiger partial charge is 0.493 e. The number of carbonyl (C=O) groups is 2. The number of anilines is 1. The molecule has 0 aromatic heterocycles. The number of esters is 1. The van der Waals surface area contributed by atoms with Gasteiger partial charge >= 0.3 is 5.97 Å². The number of hydrogen-bond donors (Lipinski definition) is 1. The van der Waals surface area contributed by atoms with Gasteiger partial charge in [-0.15, -0.1) is 0 Å². The number of carbonyl (C=O) groups excluding carboxylic acids is 2. The highest BCUT2D eigenvalue weighted by Crippen LogP contribution is 2.32. The summed E-state index contributed by atoms with van der Waals surface area (Å²) in [5, 5.41) is 14.2. The highest BCUT2D eigenvalue weighted by Gasteiger charge is 2.17. The Labute approximate surface area is 217 Å². The minimum atomic E-state index is -0.660. The van der Waals surface area contributed by atoms with Crippen LogP contribution in [0.25, 0.3) is 16.8 Å². The molecule has 36 heavy (non-hydrogen) atoms. The summed E-state index contributed by atoms with van der Waals surface area (Å²) < 4.78 is 11.0. The lowest BCUT2D eigenvalue weighted by molar-refractivity contribution is -0.112. The predicted molar refractivity (Wildman–Crippen MR) is 141 cm³/mol. The van der Waals surface area contributed by atoms with Crippen molar-refractivity contribution >= 4 is 57.6 Å². The van der Waals surface area contributed by atoms with Crippen LogP contribution < -0.4 is 14.8 Å². The number of amides is 1. The summed E-state index contributed by atoms with van der Waals surface area (Å²) in [6, 6.07) is 24.3. The molecule has 0 aliphatic rings. The average Bonchev–Trinajstić information content (AvgIpc) is 2.90. The van der Waals surface area contributed by atoms with Gasteiger partial charge in [0.2, 0.25) is 0 Å². The van der Waals surface area contributed by atoms with E-state index < -0.39 is 11.9 Å². The second-order valence-electron chi connectivity index (χ2n) is 7.55. The third-order valence-corrected chi connectivity index (χ3v) is 6.09. The Hall–Kier alpha value is -4.31. The van der Waals surface area contributed by atoms with Crippen LogP contribution >= 0.6 is 23.2 Å². The number of nitrogens with zero attached hydrogens (tertiary/aromatic N) is 1. The zero-order chi connectivity index (χ0) is 25.7. The van der Waals surface area contributed by atoms with Gasteiger partial charge in [-0.1, -0.05) is 71.7 Å². The molecule has 0 aliphatic heterocycles. The van der Waals surface area contributed by atoms with Crippen LogP contribution in [-0.4, -0.2) is 19.0 Å². The van der Waals surface area contributed by atoms with Gasteiger partial charge in [0.15, 0.2) is 11.5 Å². The molecular weight excluding hydrogens is 499 g/mol. The fraction of sp³-hybridized carbons (Fsp3) is 0.0357. The van der Waals surface area contributed by atoms with E-state index in [2.05, 4.69) is 5.32 Å². The molecule has 0 radical (unpaired) electrons. The predicted octanol–water partition coefficient (Wildman–Crippen LogP) is 6.92. The first kappa shape index (κ1) is 24.8. The zero-order valence-corrected chi connectivity index (χ0v) is 20.4. The van der Waals surface area contributed by atoms with Gasteiger partial charge < -0.3 is 14.8 Å². The van der Waals surface area contributed by atoms with Crippen LogP contribution in [-0.2, 0) is 4.79 Å². The van der Waals surface area contributed by atoms with Crippen molar-refractivity contribution < 1.29 is 19.1 Å². The SMILES string of the molecule is COc1cc(/C=C(\C#N)C(=O)Nc2cccc(Cl)c2Cl)ccc1OC(=O)c1cccc2ccccc12. The molecule has 0 atom stereocenters. The molecule has 4 aromatic carbocycles. The van der Waals surface area contributed by atoms with E-state index in [-0.39, 0.29) is 32.8 Å². The Morgan fingerprint density at radius 1 is 0.944 bits per heavy atom. The molecule has 0 saturated carbocycles. The van der Waals surface area contributed by atoms with Crippen LogP contribution in [0.15, 0.2) is 84.4 Å². The number of methoxy groups -OCH3 is 1. The van der Waals surface area contributed by atoms with Gasteiger partial charge in [0, 0.05) is 0 Å². The summed E-state index contributed by atoms with van der Waals surface area (Å²) in [5.41, 5.74) is 1.01. The Bertz CT molecular complexity index is 1550. The molecule has 1 amide bonds. The summed E-state index contributed by atoms with van der Waals surface area (Å²) >= 11 is 12.1. The number of hydrogen-bond acceptors (Lipinski definition) is 5. The van der Waals surface area contributed by atoms with E-state index in [1.807, 2.05) is 36.4 Å². The Morgan fingerprint density at radius 2 is 1.69 bits per heavy atom. The zero-order valence-electron chi connectivity index (χ0n) is 18.9. The number of fused-ring (bicyclic) bond motifs is 1. The van der Waals surface area contributed by atoms with Crippen molar-refractivity contribution in [3.8, 4) is 17.6 Å². The lowest BCUT2D eigenvalue weighted by atomic mass is 10.0. The molecule has 4 aromatic rings. The van der Waals surface area contributed by atoms with E-state index in [0.29, 0.717) is 11.1 Å². The molecule has 0 heterocycles. The molecule has 178 valence electrons. The third kappa shape index (κ3) is 5.33. The molecule has 1 N–H and O–H groups in total. The van der Waals surface area contributed by atoms with Crippen molar-refractivity contribution in [3.63, 3.8) is 0 Å². The van der Waals surface area contributed by atoms with Gasteiger partial charge in [-0.25, -0.2) is 4.79 Å². The van der Waals surface area contributed by atoms with Crippen molar-refractivity contribution in [1.29, 1.82) is 5.26 Å². The molecule has 0 unspecified atom stereocenters. The van der Waals surface area contributed by atoms with Crippen LogP contribution in [0.4, 0.5) is 5.69 Å². The first-order chi connectivity index (χ1) is 17.4. The first-order valence-corrected chi connectivity index (χ1v) is 11.4. The molecule has 8 heteroatoms. The molecular formula is C28H18Cl2N2O4. The molecule has 0 fully saturated rings. The van der Waals surface area contributed by atoms with Crippen LogP contribution in [0, 0.1) is 11.3 Å². The number of ether oxygens (including phenoxy) is 2. The van der Waals surface area contributed by atoms with Crippen LogP contribution in [0.1, 0.15) is 15.9 Å². The van der Waals surface area contributed by atoms with Gasteiger partial charge in [0.05, 0.1) is 28.4 Å². The van der Waals surface area contributed by atoms with Crippen molar-refractivity contribution in [2.75, 3.05) is 12.4 Å². The average molecular weight is 517 g/mol. The fourth-order valence-electron chi connectivity index (χ4n) is 3.52. The van der Waals surface area contributed by atoms with E-state index in [9.17, 15) is 14.9 Å². The maximum absolute atomic E-state index is 12.9. The standard InChI is InChI=1S/C28H18Cl2N2O4/c1-35-25-15-17(14-19(16-31)27(33)32-23-11-5-10-22(29)26(23)30)12-13-24(25)36-28(34)21-9-4-7-18-6-2-3-8-20(18)21/h2-15H,1H3,(H,32,33)/b19-14+. The minimum absolute atomic E-state index is 0.170. The monoisotopic (exact) mass is 516 g/mol. The topological polar surface area (TPSA) is 88.4 Å². The van der Waals surface area contributed by atoms with Crippen molar-refractivity contribution in [2.24, 2.45) is 0 Å². The minimum Gasteiger partial charge on any atom is -0.493 e. The Balaban J connectivity index is 1.57. The molecule has 0 aliphatic carbocycles. The summed E-state index contributed by atoms with van der Waals surface area (Å²) in [6.45, 7) is 0. The highest BCUT2D eigenvalue weighted by atomic mass is 35.5. The van der Waals surface area contributed by atoms with E-state index in [4.69, 9.17) is 32.7 Å². The van der Waals surface area contributed by atoms with Gasteiger partial charge in [0.1, 0.15) is 11.6 Å². The van der Waals surface area contributed by atoms with Gasteiger partial charge in [-0.05, 0) is 52.7 Å². The van der Waals surface area contributed by atoms with Gasteiger partial charge in [-0.2, -0.15) is 5.26 Å². The summed E-state index contributed by atoms with van der Waals surface area (Å²) in [4.78, 5) is 25.6. The van der Waals surface area contributed by atoms with Gasteiger partial charge in [0.25, 0.3) is 5.91 Å². The number of rotatable bonds is 6. The van der Waals surface area contributed by atoms with Crippen LogP contribution in [0.2, 0.25) is 10.0 Å². The maximum atomic E-state index is 12.9. The maximum Gasteiger partial charge on any atom is 0.344 e. The number of nitrogens with one attached hydrogen (secondary N) is 1. The normalized spacial score (nSPS) is 11.0. The lowest BCUT2D eigenvalue weighted by Gasteiger charge is -2.11. The summed E-state index contributed by atoms with van der Waals surface area (Å²) in [6.07, 6.45) is 1.38. The molecule has 0 spiro atoms. The summed E-state index contributed by atoms with van der Waals surface area (Å²) in [7, 11) is 1.43. The van der Waals surface area contributed by atoms with E-state index in [1.165, 1.54) is 19.3 Å². The van der Waals surface area contributed by atoms with Crippen molar-refractivity contribution in [3.05, 3.63) is 106 Å². The third-order valence-electron chi connectivity index (χ3n) is 5.28. The molecule has 0 bridgehead atoms. The highest BCUT2D eigenvalue weighted by molar-refractivity contribution is 6.44. The molecule has 6 nitrogen and oxygen atoms in total. The second kappa shape index (κ2) is 11.0. The van der Waals surface area contributed by atoms with Crippen molar-refractivity contribution in [1.82, 2.24) is 0 Å².